The van der Waals surface area contributed by atoms with E-state index in [4.69, 9.17) is 14.7 Å². The lowest BCUT2D eigenvalue weighted by Crippen LogP contribution is -2.05. The van der Waals surface area contributed by atoms with Crippen molar-refractivity contribution in [1.82, 2.24) is 0 Å². The van der Waals surface area contributed by atoms with E-state index in [1.54, 1.807) is 24.3 Å². The number of nitrogens with zero attached hydrogens (tertiary/aromatic N) is 1. The summed E-state index contributed by atoms with van der Waals surface area (Å²) in [6.07, 6.45) is 1.25. The summed E-state index contributed by atoms with van der Waals surface area (Å²) in [6.45, 7) is 0. The first-order chi connectivity index (χ1) is 9.15. The molecule has 0 radical (unpaired) electrons. The number of carbonyl (C=O) groups excluding carboxylic acids is 1. The number of anilines is 1. The lowest BCUT2D eigenvalue weighted by molar-refractivity contribution is -0.135. The fourth-order valence-corrected chi connectivity index (χ4v) is 1.32. The van der Waals surface area contributed by atoms with Crippen molar-refractivity contribution in [2.24, 2.45) is 0 Å². The van der Waals surface area contributed by atoms with Gasteiger partial charge in [-0.05, 0) is 12.1 Å². The summed E-state index contributed by atoms with van der Waals surface area (Å²) in [4.78, 5) is 11.2. The number of benzene rings is 1. The van der Waals surface area contributed by atoms with E-state index in [0.29, 0.717) is 17.2 Å². The van der Waals surface area contributed by atoms with E-state index in [-0.39, 0.29) is 5.57 Å². The van der Waals surface area contributed by atoms with Gasteiger partial charge in [-0.1, -0.05) is 0 Å². The molecule has 0 aliphatic carbocycles. The molecular formula is C13H14N2O4. The van der Waals surface area contributed by atoms with Gasteiger partial charge in [0.15, 0.2) is 5.57 Å². The molecule has 1 aromatic carbocycles. The summed E-state index contributed by atoms with van der Waals surface area (Å²) in [7, 11) is 4.26. The Morgan fingerprint density at radius 3 is 2.58 bits per heavy atom. The second-order valence-electron chi connectivity index (χ2n) is 3.37. The molecule has 0 unspecified atom stereocenters. The highest BCUT2D eigenvalue weighted by atomic mass is 16.5. The third-order valence-electron chi connectivity index (χ3n) is 2.30. The second kappa shape index (κ2) is 6.91. The predicted molar refractivity (Wildman–Crippen MR) is 68.9 cm³/mol. The van der Waals surface area contributed by atoms with Crippen molar-refractivity contribution in [2.75, 3.05) is 26.6 Å². The van der Waals surface area contributed by atoms with Gasteiger partial charge in [0, 0.05) is 12.3 Å². The molecule has 1 N–H and O–H groups in total. The van der Waals surface area contributed by atoms with Gasteiger partial charge in [0.1, 0.15) is 17.6 Å². The third-order valence-corrected chi connectivity index (χ3v) is 2.30. The van der Waals surface area contributed by atoms with E-state index in [2.05, 4.69) is 10.1 Å². The monoisotopic (exact) mass is 262 g/mol. The first-order valence-corrected chi connectivity index (χ1v) is 5.33. The molecule has 0 fully saturated rings. The van der Waals surface area contributed by atoms with E-state index < -0.39 is 5.97 Å². The van der Waals surface area contributed by atoms with Gasteiger partial charge in [-0.15, -0.1) is 0 Å². The van der Waals surface area contributed by atoms with Gasteiger partial charge >= 0.3 is 5.97 Å². The van der Waals surface area contributed by atoms with Crippen LogP contribution >= 0.6 is 0 Å². The van der Waals surface area contributed by atoms with Crippen molar-refractivity contribution in [1.29, 1.82) is 5.26 Å². The van der Waals surface area contributed by atoms with Crippen molar-refractivity contribution in [3.05, 3.63) is 30.0 Å². The fraction of sp³-hybridized carbons (Fsp3) is 0.231. The Kier molecular flexibility index (Phi) is 5.23. The van der Waals surface area contributed by atoms with E-state index in [9.17, 15) is 4.79 Å². The molecule has 0 aliphatic rings. The zero-order valence-electron chi connectivity index (χ0n) is 10.9. The number of hydrogen-bond donors (Lipinski definition) is 1. The van der Waals surface area contributed by atoms with Gasteiger partial charge in [0.25, 0.3) is 0 Å². The van der Waals surface area contributed by atoms with Gasteiger partial charge in [-0.2, -0.15) is 5.26 Å². The van der Waals surface area contributed by atoms with Gasteiger partial charge in [0.05, 0.1) is 27.0 Å². The number of nitrogens with one attached hydrogen (secondary N) is 1. The van der Waals surface area contributed by atoms with Crippen LogP contribution in [0.25, 0.3) is 0 Å². The molecule has 0 spiro atoms. The molecule has 0 saturated heterocycles. The van der Waals surface area contributed by atoms with Crippen LogP contribution in [-0.2, 0) is 9.53 Å². The molecule has 100 valence electrons. The minimum absolute atomic E-state index is 0.146. The Labute approximate surface area is 111 Å². The van der Waals surface area contributed by atoms with Crippen molar-refractivity contribution in [2.45, 2.75) is 0 Å². The number of esters is 1. The molecule has 0 aromatic heterocycles. The molecule has 0 heterocycles. The summed E-state index contributed by atoms with van der Waals surface area (Å²) in [6, 6.07) is 6.87. The lowest BCUT2D eigenvalue weighted by atomic mass is 10.2. The van der Waals surface area contributed by atoms with E-state index in [0.717, 1.165) is 0 Å². The zero-order valence-corrected chi connectivity index (χ0v) is 10.9. The van der Waals surface area contributed by atoms with Crippen LogP contribution in [0.15, 0.2) is 30.0 Å². The average Bonchev–Trinajstić information content (AvgIpc) is 2.47. The van der Waals surface area contributed by atoms with Gasteiger partial charge in [-0.25, -0.2) is 4.79 Å². The van der Waals surface area contributed by atoms with Crippen molar-refractivity contribution >= 4 is 11.7 Å². The third kappa shape index (κ3) is 3.64. The van der Waals surface area contributed by atoms with Crippen LogP contribution < -0.4 is 14.8 Å². The minimum Gasteiger partial charge on any atom is -0.497 e. The van der Waals surface area contributed by atoms with E-state index in [1.165, 1.54) is 27.5 Å². The normalized spacial score (nSPS) is 10.3. The maximum atomic E-state index is 11.2. The van der Waals surface area contributed by atoms with Gasteiger partial charge in [-0.3, -0.25) is 0 Å². The SMILES string of the molecule is COC(=O)/C(C#N)=C\Nc1cc(OC)ccc1OC. The molecule has 0 bridgehead atoms. The minimum atomic E-state index is -0.711. The first kappa shape index (κ1) is 14.4. The Morgan fingerprint density at radius 2 is 2.05 bits per heavy atom. The average molecular weight is 262 g/mol. The zero-order chi connectivity index (χ0) is 14.3. The first-order valence-electron chi connectivity index (χ1n) is 5.33. The molecule has 1 aromatic rings. The van der Waals surface area contributed by atoms with Crippen LogP contribution in [0.2, 0.25) is 0 Å². The number of hydrogen-bond acceptors (Lipinski definition) is 6. The van der Waals surface area contributed by atoms with Gasteiger partial charge < -0.3 is 19.5 Å². The molecule has 1 rings (SSSR count). The van der Waals surface area contributed by atoms with Crippen LogP contribution in [-0.4, -0.2) is 27.3 Å². The fourth-order valence-electron chi connectivity index (χ4n) is 1.32. The summed E-state index contributed by atoms with van der Waals surface area (Å²) in [5.41, 5.74) is 0.422. The molecule has 6 nitrogen and oxygen atoms in total. The topological polar surface area (TPSA) is 80.6 Å². The number of ether oxygens (including phenoxy) is 3. The number of carbonyl (C=O) groups is 1. The molecular weight excluding hydrogens is 248 g/mol. The van der Waals surface area contributed by atoms with Crippen LogP contribution in [0.4, 0.5) is 5.69 Å². The van der Waals surface area contributed by atoms with Crippen LogP contribution in [0, 0.1) is 11.3 Å². The maximum Gasteiger partial charge on any atom is 0.350 e. The number of methoxy groups -OCH3 is 3. The Hall–Kier alpha value is -2.68. The second-order valence-corrected chi connectivity index (χ2v) is 3.37. The number of rotatable bonds is 5. The molecule has 0 atom stereocenters. The highest BCUT2D eigenvalue weighted by Gasteiger charge is 2.09. The largest absolute Gasteiger partial charge is 0.497 e. The Balaban J connectivity index is 3.01. The highest BCUT2D eigenvalue weighted by Crippen LogP contribution is 2.28. The van der Waals surface area contributed by atoms with Crippen molar-refractivity contribution < 1.29 is 19.0 Å². The molecule has 19 heavy (non-hydrogen) atoms. The summed E-state index contributed by atoms with van der Waals surface area (Å²) in [5, 5.41) is 11.6. The Bertz CT molecular complexity index is 532. The lowest BCUT2D eigenvalue weighted by Gasteiger charge is -2.10. The van der Waals surface area contributed by atoms with Crippen LogP contribution in [0.1, 0.15) is 0 Å². The Morgan fingerprint density at radius 1 is 1.32 bits per heavy atom. The molecule has 0 amide bonds. The quantitative estimate of drug-likeness (QED) is 0.494. The molecule has 0 aliphatic heterocycles. The van der Waals surface area contributed by atoms with Crippen LogP contribution in [0.5, 0.6) is 11.5 Å². The molecule has 6 heteroatoms. The van der Waals surface area contributed by atoms with E-state index in [1.807, 2.05) is 0 Å². The standard InChI is InChI=1S/C13H14N2O4/c1-17-10-4-5-12(18-2)11(6-10)15-8-9(7-14)13(16)19-3/h4-6,8,15H,1-3H3/b9-8-. The van der Waals surface area contributed by atoms with Crippen molar-refractivity contribution in [3.63, 3.8) is 0 Å². The van der Waals surface area contributed by atoms with Crippen molar-refractivity contribution in [3.8, 4) is 17.6 Å². The van der Waals surface area contributed by atoms with Crippen LogP contribution in [0.3, 0.4) is 0 Å². The number of nitriles is 1. The summed E-state index contributed by atoms with van der Waals surface area (Å²) >= 11 is 0. The van der Waals surface area contributed by atoms with E-state index >= 15 is 0 Å². The smallest absolute Gasteiger partial charge is 0.350 e. The predicted octanol–water partition coefficient (Wildman–Crippen LogP) is 1.70. The maximum absolute atomic E-state index is 11.2. The molecule has 0 saturated carbocycles. The summed E-state index contributed by atoms with van der Waals surface area (Å²) < 4.78 is 14.7. The summed E-state index contributed by atoms with van der Waals surface area (Å²) in [5.74, 6) is 0.462. The van der Waals surface area contributed by atoms with Gasteiger partial charge in [0.2, 0.25) is 0 Å². The highest BCUT2D eigenvalue weighted by molar-refractivity contribution is 5.93.